The molecule has 1 aliphatic carbocycles. The molecule has 0 radical (unpaired) electrons. The number of rotatable bonds is 5. The van der Waals surface area contributed by atoms with Gasteiger partial charge in [0.1, 0.15) is 11.4 Å². The van der Waals surface area contributed by atoms with E-state index in [4.69, 9.17) is 4.74 Å². The summed E-state index contributed by atoms with van der Waals surface area (Å²) in [7, 11) is 0. The van der Waals surface area contributed by atoms with Gasteiger partial charge in [-0.15, -0.1) is 0 Å². The van der Waals surface area contributed by atoms with Crippen LogP contribution in [0.1, 0.15) is 23.7 Å². The molecular weight excluding hydrogens is 399 g/mol. The summed E-state index contributed by atoms with van der Waals surface area (Å²) in [4.78, 5) is 13.5. The first kappa shape index (κ1) is 19.9. The van der Waals surface area contributed by atoms with E-state index in [1.54, 1.807) is 30.4 Å². The summed E-state index contributed by atoms with van der Waals surface area (Å²) < 4.78 is 19.4. The topological polar surface area (TPSA) is 82.0 Å². The van der Waals surface area contributed by atoms with Gasteiger partial charge in [-0.25, -0.2) is 4.39 Å². The summed E-state index contributed by atoms with van der Waals surface area (Å²) in [6.07, 6.45) is 3.73. The Bertz CT molecular complexity index is 1110. The van der Waals surface area contributed by atoms with Crippen LogP contribution in [0.3, 0.4) is 0 Å². The Labute approximate surface area is 179 Å². The van der Waals surface area contributed by atoms with Gasteiger partial charge >= 0.3 is 0 Å². The van der Waals surface area contributed by atoms with E-state index in [0.29, 0.717) is 38.2 Å². The molecule has 1 amide bonds. The molecule has 5 rings (SSSR count). The number of nitrogens with one attached hydrogen (secondary N) is 1. The molecule has 0 aromatic heterocycles. The zero-order valence-electron chi connectivity index (χ0n) is 16.8. The zero-order valence-corrected chi connectivity index (χ0v) is 16.8. The first-order chi connectivity index (χ1) is 14.9. The van der Waals surface area contributed by atoms with Gasteiger partial charge in [-0.3, -0.25) is 9.69 Å². The lowest BCUT2D eigenvalue weighted by Crippen LogP contribution is -2.33. The van der Waals surface area contributed by atoms with Crippen molar-refractivity contribution >= 4 is 11.6 Å². The largest absolute Gasteiger partial charge is 0.455 e. The number of aliphatic hydroxyl groups excluding tert-OH is 1. The molecule has 2 aromatic carbocycles. The first-order valence-electron chi connectivity index (χ1n) is 10.3. The summed E-state index contributed by atoms with van der Waals surface area (Å²) in [5.41, 5.74) is 2.19. The lowest BCUT2D eigenvalue weighted by Gasteiger charge is -2.23. The number of allylic oxidation sites excluding steroid dienone is 1. The van der Waals surface area contributed by atoms with E-state index in [0.717, 1.165) is 22.4 Å². The number of amides is 1. The quantitative estimate of drug-likeness (QED) is 0.690. The Morgan fingerprint density at radius 1 is 1.23 bits per heavy atom. The van der Waals surface area contributed by atoms with Crippen LogP contribution in [0.4, 0.5) is 10.1 Å². The van der Waals surface area contributed by atoms with Gasteiger partial charge in [0.2, 0.25) is 5.91 Å². The monoisotopic (exact) mass is 422 g/mol. The number of ether oxygens (including phenoxy) is 1. The molecule has 2 aromatic rings. The maximum absolute atomic E-state index is 13.8. The summed E-state index contributed by atoms with van der Waals surface area (Å²) in [6, 6.07) is 11.7. The number of benzene rings is 2. The van der Waals surface area contributed by atoms with Gasteiger partial charge in [-0.2, -0.15) is 0 Å². The van der Waals surface area contributed by atoms with E-state index in [2.05, 4.69) is 5.32 Å². The zero-order chi connectivity index (χ0) is 21.6. The van der Waals surface area contributed by atoms with E-state index >= 15 is 0 Å². The van der Waals surface area contributed by atoms with Crippen LogP contribution in [0, 0.1) is 5.82 Å². The Kier molecular flexibility index (Phi) is 4.89. The van der Waals surface area contributed by atoms with Crippen LogP contribution in [0.15, 0.2) is 65.9 Å². The number of anilines is 1. The van der Waals surface area contributed by atoms with Gasteiger partial charge in [0, 0.05) is 31.7 Å². The molecule has 1 saturated heterocycles. The van der Waals surface area contributed by atoms with Gasteiger partial charge < -0.3 is 20.3 Å². The fourth-order valence-corrected chi connectivity index (χ4v) is 4.44. The third kappa shape index (κ3) is 3.87. The summed E-state index contributed by atoms with van der Waals surface area (Å²) >= 11 is 0. The second-order valence-electron chi connectivity index (χ2n) is 8.32. The Balaban J connectivity index is 1.24. The highest BCUT2D eigenvalue weighted by molar-refractivity contribution is 5.93. The summed E-state index contributed by atoms with van der Waals surface area (Å²) in [6.45, 7) is 1.17. The Morgan fingerprint density at radius 3 is 2.87 bits per heavy atom. The van der Waals surface area contributed by atoms with Crippen LogP contribution in [0.5, 0.6) is 5.75 Å². The molecular formula is C24H23FN2O4. The molecule has 0 bridgehead atoms. The predicted octanol–water partition coefficient (Wildman–Crippen LogP) is 2.69. The second kappa shape index (κ2) is 7.60. The maximum atomic E-state index is 13.8. The van der Waals surface area contributed by atoms with E-state index in [-0.39, 0.29) is 11.7 Å². The van der Waals surface area contributed by atoms with Crippen molar-refractivity contribution in [3.05, 3.63) is 82.9 Å². The van der Waals surface area contributed by atoms with Crippen molar-refractivity contribution in [2.75, 3.05) is 25.0 Å². The van der Waals surface area contributed by atoms with Crippen molar-refractivity contribution in [3.63, 3.8) is 0 Å². The van der Waals surface area contributed by atoms with Gasteiger partial charge in [0.25, 0.3) is 0 Å². The minimum absolute atomic E-state index is 0.0114. The number of aryl methyl sites for hydroxylation is 1. The molecule has 1 fully saturated rings. The van der Waals surface area contributed by atoms with Crippen molar-refractivity contribution in [3.8, 4) is 5.75 Å². The standard InChI is InChI=1S/C24H23FN2O4/c25-19-3-1-2-4-22(19)31-18-10-17-12-27(14-24(17,30)11-18)13-21(28)16-5-7-20-15(9-16)6-8-23(29)26-20/h1-5,7,9-11,21,28,30H,6,8,12-14H2,(H,26,29)/t21-,24+/m1/s1. The van der Waals surface area contributed by atoms with Crippen LogP contribution in [-0.4, -0.2) is 46.3 Å². The molecule has 31 heavy (non-hydrogen) atoms. The normalized spacial score (nSPS) is 23.5. The van der Waals surface area contributed by atoms with Crippen LogP contribution < -0.4 is 10.1 Å². The molecule has 2 atom stereocenters. The van der Waals surface area contributed by atoms with Crippen molar-refractivity contribution < 1.29 is 24.1 Å². The molecule has 0 unspecified atom stereocenters. The van der Waals surface area contributed by atoms with Gasteiger partial charge in [-0.1, -0.05) is 24.3 Å². The van der Waals surface area contributed by atoms with Crippen LogP contribution in [0.2, 0.25) is 0 Å². The molecule has 0 spiro atoms. The molecule has 7 heteroatoms. The fraction of sp³-hybridized carbons (Fsp3) is 0.292. The number of hydrogen-bond acceptors (Lipinski definition) is 5. The van der Waals surface area contributed by atoms with Crippen molar-refractivity contribution in [1.82, 2.24) is 4.90 Å². The average molecular weight is 422 g/mol. The van der Waals surface area contributed by atoms with E-state index in [1.807, 2.05) is 23.1 Å². The van der Waals surface area contributed by atoms with Gasteiger partial charge in [0.05, 0.1) is 6.10 Å². The van der Waals surface area contributed by atoms with Gasteiger partial charge in [0.15, 0.2) is 11.6 Å². The number of likely N-dealkylation sites (tertiary alicyclic amines) is 1. The molecule has 3 N–H and O–H groups in total. The first-order valence-corrected chi connectivity index (χ1v) is 10.3. The van der Waals surface area contributed by atoms with E-state index in [1.165, 1.54) is 6.07 Å². The van der Waals surface area contributed by atoms with Crippen molar-refractivity contribution in [1.29, 1.82) is 0 Å². The molecule has 3 aliphatic rings. The van der Waals surface area contributed by atoms with E-state index < -0.39 is 17.5 Å². The third-order valence-electron chi connectivity index (χ3n) is 6.02. The van der Waals surface area contributed by atoms with Crippen molar-refractivity contribution in [2.45, 2.75) is 24.5 Å². The smallest absolute Gasteiger partial charge is 0.224 e. The van der Waals surface area contributed by atoms with Crippen LogP contribution >= 0.6 is 0 Å². The highest BCUT2D eigenvalue weighted by Gasteiger charge is 2.43. The van der Waals surface area contributed by atoms with Crippen LogP contribution in [-0.2, 0) is 11.2 Å². The fourth-order valence-electron chi connectivity index (χ4n) is 4.44. The number of fused-ring (bicyclic) bond motifs is 2. The maximum Gasteiger partial charge on any atom is 0.224 e. The predicted molar refractivity (Wildman–Crippen MR) is 113 cm³/mol. The molecule has 6 nitrogen and oxygen atoms in total. The van der Waals surface area contributed by atoms with Crippen LogP contribution in [0.25, 0.3) is 0 Å². The number of para-hydroxylation sites is 1. The van der Waals surface area contributed by atoms with Crippen molar-refractivity contribution in [2.24, 2.45) is 0 Å². The molecule has 160 valence electrons. The highest BCUT2D eigenvalue weighted by Crippen LogP contribution is 2.37. The minimum atomic E-state index is -1.18. The number of nitrogens with zero attached hydrogens (tertiary/aromatic N) is 1. The molecule has 2 heterocycles. The van der Waals surface area contributed by atoms with Gasteiger partial charge in [-0.05, 0) is 53.5 Å². The number of aliphatic hydroxyl groups is 2. The third-order valence-corrected chi connectivity index (χ3v) is 6.02. The SMILES string of the molecule is O=C1CCc2cc([C@H](O)CN3CC4=CC(Oc5ccccc5F)=C[C@]4(O)C3)ccc2N1. The number of β-amino-alcohol motifs (C(OH)–C–C–N with tert-alkyl or cyclic N) is 2. The Hall–Kier alpha value is -3.00. The second-order valence-corrected chi connectivity index (χ2v) is 8.32. The molecule has 2 aliphatic heterocycles. The average Bonchev–Trinajstić information content (AvgIpc) is 3.19. The minimum Gasteiger partial charge on any atom is -0.455 e. The summed E-state index contributed by atoms with van der Waals surface area (Å²) in [5.74, 6) is 0.0853. The Morgan fingerprint density at radius 2 is 2.06 bits per heavy atom. The lowest BCUT2D eigenvalue weighted by atomic mass is 9.98. The lowest BCUT2D eigenvalue weighted by molar-refractivity contribution is -0.116. The number of halogens is 1. The summed E-state index contributed by atoms with van der Waals surface area (Å²) in [5, 5.41) is 24.6. The highest BCUT2D eigenvalue weighted by atomic mass is 19.1. The molecule has 0 saturated carbocycles. The number of hydrogen-bond donors (Lipinski definition) is 3. The number of carbonyl (C=O) groups excluding carboxylic acids is 1. The van der Waals surface area contributed by atoms with E-state index in [9.17, 15) is 19.4 Å². The number of carbonyl (C=O) groups is 1.